The summed E-state index contributed by atoms with van der Waals surface area (Å²) in [7, 11) is 1.72. The molecule has 0 bridgehead atoms. The fourth-order valence-electron chi connectivity index (χ4n) is 1.47. The van der Waals surface area contributed by atoms with Crippen LogP contribution in [0.3, 0.4) is 0 Å². The molecule has 1 aromatic carbocycles. The van der Waals surface area contributed by atoms with E-state index in [0.29, 0.717) is 10.4 Å². The molecule has 0 spiro atoms. The first-order valence-corrected chi connectivity index (χ1v) is 6.76. The van der Waals surface area contributed by atoms with Crippen LogP contribution < -0.4 is 4.90 Å². The third kappa shape index (κ3) is 2.61. The molecule has 0 fully saturated rings. The van der Waals surface area contributed by atoms with E-state index < -0.39 is 0 Å². The summed E-state index contributed by atoms with van der Waals surface area (Å²) < 4.78 is 0.930. The van der Waals surface area contributed by atoms with Crippen molar-refractivity contribution in [1.82, 2.24) is 0 Å². The van der Waals surface area contributed by atoms with Gasteiger partial charge >= 0.3 is 0 Å². The predicted octanol–water partition coefficient (Wildman–Crippen LogP) is 3.66. The average molecular weight is 321 g/mol. The Morgan fingerprint density at radius 2 is 1.94 bits per heavy atom. The molecule has 0 N–H and O–H groups in total. The van der Waals surface area contributed by atoms with Crippen molar-refractivity contribution >= 4 is 38.9 Å². The van der Waals surface area contributed by atoms with Crippen molar-refractivity contribution in [2.24, 2.45) is 0 Å². The second-order valence-corrected chi connectivity index (χ2v) is 6.09. The van der Waals surface area contributed by atoms with Crippen molar-refractivity contribution in [2.45, 2.75) is 0 Å². The van der Waals surface area contributed by atoms with E-state index in [9.17, 15) is 4.79 Å². The number of amides is 1. The lowest BCUT2D eigenvalue weighted by Crippen LogP contribution is -2.25. The van der Waals surface area contributed by atoms with E-state index >= 15 is 0 Å². The molecule has 3 nitrogen and oxygen atoms in total. The smallest absolute Gasteiger partial charge is 0.268 e. The predicted molar refractivity (Wildman–Crippen MR) is 75.9 cm³/mol. The quantitative estimate of drug-likeness (QED) is 0.847. The number of hydrogen-bond donors (Lipinski definition) is 0. The van der Waals surface area contributed by atoms with Gasteiger partial charge in [-0.1, -0.05) is 0 Å². The third-order valence-corrected chi connectivity index (χ3v) is 4.08. The van der Waals surface area contributed by atoms with Gasteiger partial charge in [0.15, 0.2) is 0 Å². The minimum absolute atomic E-state index is 0.0598. The van der Waals surface area contributed by atoms with Crippen molar-refractivity contribution in [1.29, 1.82) is 5.26 Å². The molecule has 0 atom stereocenters. The summed E-state index contributed by atoms with van der Waals surface area (Å²) in [6, 6.07) is 12.6. The van der Waals surface area contributed by atoms with Crippen molar-refractivity contribution in [3.8, 4) is 6.07 Å². The molecule has 2 aromatic rings. The van der Waals surface area contributed by atoms with Crippen molar-refractivity contribution < 1.29 is 4.79 Å². The van der Waals surface area contributed by atoms with Gasteiger partial charge in [-0.3, -0.25) is 4.79 Å². The number of nitriles is 1. The van der Waals surface area contributed by atoms with E-state index in [-0.39, 0.29) is 5.91 Å². The Morgan fingerprint density at radius 1 is 1.28 bits per heavy atom. The molecule has 0 saturated heterocycles. The Morgan fingerprint density at radius 3 is 2.44 bits per heavy atom. The molecule has 90 valence electrons. The Hall–Kier alpha value is -1.64. The van der Waals surface area contributed by atoms with Gasteiger partial charge in [-0.25, -0.2) is 0 Å². The summed E-state index contributed by atoms with van der Waals surface area (Å²) in [4.78, 5) is 14.4. The molecule has 0 aliphatic carbocycles. The Kier molecular flexibility index (Phi) is 3.80. The fourth-order valence-corrected chi connectivity index (χ4v) is 2.83. The lowest BCUT2D eigenvalue weighted by Gasteiger charge is -2.16. The first-order chi connectivity index (χ1) is 8.61. The van der Waals surface area contributed by atoms with Gasteiger partial charge in [0.05, 0.1) is 20.3 Å². The van der Waals surface area contributed by atoms with Gasteiger partial charge in [0.1, 0.15) is 0 Å². The maximum atomic E-state index is 12.2. The highest BCUT2D eigenvalue weighted by Crippen LogP contribution is 2.25. The summed E-state index contributed by atoms with van der Waals surface area (Å²) in [6.07, 6.45) is 0. The van der Waals surface area contributed by atoms with E-state index in [2.05, 4.69) is 15.9 Å². The van der Waals surface area contributed by atoms with Crippen LogP contribution in [0.4, 0.5) is 5.69 Å². The maximum absolute atomic E-state index is 12.2. The molecular formula is C13H9BrN2OS. The van der Waals surface area contributed by atoms with E-state index in [1.165, 1.54) is 11.3 Å². The number of anilines is 1. The zero-order valence-corrected chi connectivity index (χ0v) is 12.0. The van der Waals surface area contributed by atoms with E-state index in [4.69, 9.17) is 5.26 Å². The Labute approximate surface area is 117 Å². The molecule has 5 heteroatoms. The van der Waals surface area contributed by atoms with Crippen molar-refractivity contribution in [3.63, 3.8) is 0 Å². The van der Waals surface area contributed by atoms with E-state index in [1.54, 1.807) is 42.3 Å². The normalized spacial score (nSPS) is 9.83. The number of benzene rings is 1. The fraction of sp³-hybridized carbons (Fsp3) is 0.0769. The van der Waals surface area contributed by atoms with Crippen molar-refractivity contribution in [3.05, 3.63) is 50.6 Å². The number of rotatable bonds is 2. The highest BCUT2D eigenvalue weighted by atomic mass is 79.9. The van der Waals surface area contributed by atoms with Crippen LogP contribution in [0.1, 0.15) is 15.2 Å². The molecular weight excluding hydrogens is 312 g/mol. The van der Waals surface area contributed by atoms with Crippen LogP contribution in [-0.4, -0.2) is 13.0 Å². The molecule has 2 rings (SSSR count). The molecule has 18 heavy (non-hydrogen) atoms. The zero-order valence-electron chi connectivity index (χ0n) is 9.55. The van der Waals surface area contributed by atoms with Crippen LogP contribution in [0.5, 0.6) is 0 Å². The van der Waals surface area contributed by atoms with Gasteiger partial charge in [-0.2, -0.15) is 5.26 Å². The minimum Gasteiger partial charge on any atom is -0.311 e. The number of hydrogen-bond acceptors (Lipinski definition) is 3. The van der Waals surface area contributed by atoms with Crippen LogP contribution in [0, 0.1) is 11.3 Å². The Balaban J connectivity index is 2.23. The molecule has 1 aromatic heterocycles. The summed E-state index contributed by atoms with van der Waals surface area (Å²) in [6.45, 7) is 0. The summed E-state index contributed by atoms with van der Waals surface area (Å²) >= 11 is 4.74. The first kappa shape index (κ1) is 12.8. The van der Waals surface area contributed by atoms with Crippen LogP contribution in [0.25, 0.3) is 0 Å². The van der Waals surface area contributed by atoms with Gasteiger partial charge in [0.2, 0.25) is 0 Å². The van der Waals surface area contributed by atoms with Gasteiger partial charge < -0.3 is 4.90 Å². The summed E-state index contributed by atoms with van der Waals surface area (Å²) in [5, 5.41) is 8.72. The highest BCUT2D eigenvalue weighted by molar-refractivity contribution is 9.11. The molecule has 0 saturated carbocycles. The second-order valence-electron chi connectivity index (χ2n) is 3.63. The molecule has 0 radical (unpaired) electrons. The largest absolute Gasteiger partial charge is 0.311 e. The minimum atomic E-state index is -0.0598. The lowest BCUT2D eigenvalue weighted by molar-refractivity contribution is 0.0997. The van der Waals surface area contributed by atoms with Crippen LogP contribution in [-0.2, 0) is 0 Å². The van der Waals surface area contributed by atoms with Crippen LogP contribution in [0.15, 0.2) is 40.2 Å². The van der Waals surface area contributed by atoms with Crippen molar-refractivity contribution in [2.75, 3.05) is 11.9 Å². The Bertz CT molecular complexity index is 613. The third-order valence-electron chi connectivity index (χ3n) is 2.47. The number of thiophene rings is 1. The van der Waals surface area contributed by atoms with Gasteiger partial charge in [-0.15, -0.1) is 11.3 Å². The monoisotopic (exact) mass is 320 g/mol. The summed E-state index contributed by atoms with van der Waals surface area (Å²) in [5.41, 5.74) is 1.35. The number of carbonyl (C=O) groups is 1. The molecule has 0 unspecified atom stereocenters. The summed E-state index contributed by atoms with van der Waals surface area (Å²) in [5.74, 6) is -0.0598. The zero-order chi connectivity index (χ0) is 13.1. The second kappa shape index (κ2) is 5.34. The molecule has 1 heterocycles. The number of nitrogens with zero attached hydrogens (tertiary/aromatic N) is 2. The standard InChI is InChI=1S/C13H9BrN2OS/c1-16(10-4-2-9(8-15)3-5-10)13(17)11-6-7-12(14)18-11/h2-7H,1H3. The van der Waals surface area contributed by atoms with Gasteiger partial charge in [0, 0.05) is 12.7 Å². The molecule has 0 aliphatic heterocycles. The number of halogens is 1. The van der Waals surface area contributed by atoms with E-state index in [0.717, 1.165) is 9.47 Å². The number of carbonyl (C=O) groups excluding carboxylic acids is 1. The lowest BCUT2D eigenvalue weighted by atomic mass is 10.2. The maximum Gasteiger partial charge on any atom is 0.268 e. The van der Waals surface area contributed by atoms with Gasteiger partial charge in [-0.05, 0) is 52.3 Å². The van der Waals surface area contributed by atoms with Gasteiger partial charge in [0.25, 0.3) is 5.91 Å². The highest BCUT2D eigenvalue weighted by Gasteiger charge is 2.15. The molecule has 1 amide bonds. The first-order valence-electron chi connectivity index (χ1n) is 5.15. The SMILES string of the molecule is CN(C(=O)c1ccc(Br)s1)c1ccc(C#N)cc1. The van der Waals surface area contributed by atoms with Crippen LogP contribution in [0.2, 0.25) is 0 Å². The average Bonchev–Trinajstić information content (AvgIpc) is 2.84. The molecule has 0 aliphatic rings. The van der Waals surface area contributed by atoms with E-state index in [1.807, 2.05) is 12.1 Å². The van der Waals surface area contributed by atoms with Crippen LogP contribution >= 0.6 is 27.3 Å². The topological polar surface area (TPSA) is 44.1 Å².